The molecule has 3 aromatic rings. The van der Waals surface area contributed by atoms with E-state index >= 15 is 0 Å². The van der Waals surface area contributed by atoms with Crippen molar-refractivity contribution in [1.29, 1.82) is 0 Å². The fourth-order valence-corrected chi connectivity index (χ4v) is 4.69. The summed E-state index contributed by atoms with van der Waals surface area (Å²) in [5, 5.41) is 0.796. The van der Waals surface area contributed by atoms with Gasteiger partial charge in [0.05, 0.1) is 17.2 Å². The zero-order valence-corrected chi connectivity index (χ0v) is 24.3. The van der Waals surface area contributed by atoms with Gasteiger partial charge in [0.2, 0.25) is 0 Å². The molecule has 0 saturated heterocycles. The highest BCUT2D eigenvalue weighted by Crippen LogP contribution is 2.31. The van der Waals surface area contributed by atoms with Crippen LogP contribution < -0.4 is 9.47 Å². The van der Waals surface area contributed by atoms with Crippen molar-refractivity contribution < 1.29 is 14.3 Å². The number of nitrogens with zero attached hydrogens (tertiary/aromatic N) is 2. The predicted molar refractivity (Wildman–Crippen MR) is 157 cm³/mol. The normalized spacial score (nSPS) is 11.9. The van der Waals surface area contributed by atoms with Gasteiger partial charge < -0.3 is 19.3 Å². The number of carbonyl (C=O) groups is 1. The van der Waals surface area contributed by atoms with Crippen molar-refractivity contribution in [3.05, 3.63) is 93.5 Å². The van der Waals surface area contributed by atoms with E-state index in [1.807, 2.05) is 53.4 Å². The first-order valence-electron chi connectivity index (χ1n) is 13.2. The molecule has 1 atom stereocenters. The number of amides is 1. The summed E-state index contributed by atoms with van der Waals surface area (Å²) in [5.41, 5.74) is 2.54. The average molecular weight is 558 g/mol. The highest BCUT2D eigenvalue weighted by Gasteiger charge is 2.23. The molecule has 7 heteroatoms. The van der Waals surface area contributed by atoms with Gasteiger partial charge in [0, 0.05) is 18.2 Å². The van der Waals surface area contributed by atoms with Crippen LogP contribution in [0.1, 0.15) is 55.1 Å². The highest BCUT2D eigenvalue weighted by molar-refractivity contribution is 6.42. The number of hydrogen-bond acceptors (Lipinski definition) is 4. The highest BCUT2D eigenvalue weighted by atomic mass is 35.5. The van der Waals surface area contributed by atoms with E-state index in [9.17, 15) is 4.79 Å². The minimum Gasteiger partial charge on any atom is -0.493 e. The smallest absolute Gasteiger partial charge is 0.254 e. The summed E-state index contributed by atoms with van der Waals surface area (Å²) >= 11 is 12.4. The second-order valence-electron chi connectivity index (χ2n) is 9.34. The minimum absolute atomic E-state index is 0.0169. The quantitative estimate of drug-likeness (QED) is 0.203. The Bertz CT molecular complexity index is 1170. The number of methoxy groups -OCH3 is 1. The second kappa shape index (κ2) is 15.0. The third kappa shape index (κ3) is 8.39. The van der Waals surface area contributed by atoms with E-state index in [1.165, 1.54) is 0 Å². The molecular weight excluding hydrogens is 519 g/mol. The van der Waals surface area contributed by atoms with Crippen molar-refractivity contribution in [2.24, 2.45) is 0 Å². The Morgan fingerprint density at radius 1 is 0.895 bits per heavy atom. The van der Waals surface area contributed by atoms with Gasteiger partial charge in [-0.15, -0.1) is 0 Å². The predicted octanol–water partition coefficient (Wildman–Crippen LogP) is 7.73. The lowest BCUT2D eigenvalue weighted by molar-refractivity contribution is 0.0662. The second-order valence-corrected chi connectivity index (χ2v) is 10.2. The Balaban J connectivity index is 1.83. The molecule has 1 amide bonds. The van der Waals surface area contributed by atoms with Crippen molar-refractivity contribution in [2.45, 2.75) is 52.8 Å². The van der Waals surface area contributed by atoms with Gasteiger partial charge in [0.25, 0.3) is 5.91 Å². The maximum atomic E-state index is 13.7. The number of carbonyl (C=O) groups excluding carboxylic acids is 1. The summed E-state index contributed by atoms with van der Waals surface area (Å²) < 4.78 is 11.7. The molecule has 0 radical (unpaired) electrons. The van der Waals surface area contributed by atoms with E-state index < -0.39 is 0 Å². The number of hydrogen-bond donors (Lipinski definition) is 0. The van der Waals surface area contributed by atoms with E-state index in [-0.39, 0.29) is 11.9 Å². The minimum atomic E-state index is -0.0820. The molecule has 0 aliphatic heterocycles. The largest absolute Gasteiger partial charge is 0.493 e. The van der Waals surface area contributed by atoms with Crippen LogP contribution in [0.2, 0.25) is 10.0 Å². The van der Waals surface area contributed by atoms with Crippen LogP contribution in [0, 0.1) is 0 Å². The van der Waals surface area contributed by atoms with Gasteiger partial charge >= 0.3 is 0 Å². The molecule has 0 N–H and O–H groups in total. The summed E-state index contributed by atoms with van der Waals surface area (Å²) in [6.07, 6.45) is 1.89. The van der Waals surface area contributed by atoms with Crippen LogP contribution in [0.3, 0.4) is 0 Å². The summed E-state index contributed by atoms with van der Waals surface area (Å²) in [4.78, 5) is 18.0. The first-order valence-corrected chi connectivity index (χ1v) is 13.9. The Kier molecular flexibility index (Phi) is 11.8. The molecule has 3 rings (SSSR count). The third-order valence-electron chi connectivity index (χ3n) is 6.77. The average Bonchev–Trinajstić information content (AvgIpc) is 2.94. The third-order valence-corrected chi connectivity index (χ3v) is 7.51. The molecule has 0 bridgehead atoms. The number of ether oxygens (including phenoxy) is 2. The number of rotatable bonds is 14. The number of benzene rings is 3. The monoisotopic (exact) mass is 556 g/mol. The SMILES string of the molecule is CCN(CC)CCCC(C)N(Cc1ccc(OC)c(OCc2ccccc2)c1)C(=O)c1ccc(Cl)c(Cl)c1. The standard InChI is InChI=1S/C31H38Cl2N2O3/c1-5-34(6-2)18-10-11-23(3)35(31(36)26-15-16-27(32)28(33)20-26)21-25-14-17-29(37-4)30(19-25)38-22-24-12-8-7-9-13-24/h7-9,12-17,19-20,23H,5-6,10-11,18,21-22H2,1-4H3. The van der Waals surface area contributed by atoms with E-state index in [4.69, 9.17) is 32.7 Å². The van der Waals surface area contributed by atoms with E-state index in [1.54, 1.807) is 25.3 Å². The number of halogens is 2. The van der Waals surface area contributed by atoms with E-state index in [0.29, 0.717) is 40.3 Å². The Labute approximate surface area is 237 Å². The van der Waals surface area contributed by atoms with Gasteiger partial charge in [-0.1, -0.05) is 73.4 Å². The van der Waals surface area contributed by atoms with E-state index in [0.717, 1.165) is 43.6 Å². The first-order chi connectivity index (χ1) is 18.4. The zero-order chi connectivity index (χ0) is 27.5. The fourth-order valence-electron chi connectivity index (χ4n) is 4.39. The van der Waals surface area contributed by atoms with Gasteiger partial charge in [0.1, 0.15) is 6.61 Å². The first kappa shape index (κ1) is 29.8. The van der Waals surface area contributed by atoms with Crippen LogP contribution in [0.5, 0.6) is 11.5 Å². The fraction of sp³-hybridized carbons (Fsp3) is 0.387. The van der Waals surface area contributed by atoms with Crippen LogP contribution in [0.4, 0.5) is 0 Å². The van der Waals surface area contributed by atoms with Crippen molar-refractivity contribution in [2.75, 3.05) is 26.7 Å². The summed E-state index contributed by atoms with van der Waals surface area (Å²) in [6, 6.07) is 20.9. The Morgan fingerprint density at radius 3 is 2.29 bits per heavy atom. The van der Waals surface area contributed by atoms with Crippen molar-refractivity contribution in [1.82, 2.24) is 9.80 Å². The van der Waals surface area contributed by atoms with Crippen molar-refractivity contribution in [3.63, 3.8) is 0 Å². The molecule has 0 spiro atoms. The summed E-state index contributed by atoms with van der Waals surface area (Å²) in [5.74, 6) is 1.21. The van der Waals surface area contributed by atoms with Gasteiger partial charge in [-0.05, 0) is 80.9 Å². The van der Waals surface area contributed by atoms with Crippen LogP contribution in [0.15, 0.2) is 66.7 Å². The van der Waals surface area contributed by atoms with Crippen molar-refractivity contribution >= 4 is 29.1 Å². The lowest BCUT2D eigenvalue weighted by atomic mass is 10.1. The molecule has 0 saturated carbocycles. The molecule has 1 unspecified atom stereocenters. The molecule has 0 aromatic heterocycles. The van der Waals surface area contributed by atoms with E-state index in [2.05, 4.69) is 25.7 Å². The molecule has 0 aliphatic rings. The van der Waals surface area contributed by atoms with Gasteiger partial charge in [-0.2, -0.15) is 0 Å². The molecule has 5 nitrogen and oxygen atoms in total. The van der Waals surface area contributed by atoms with Gasteiger partial charge in [0.15, 0.2) is 11.5 Å². The zero-order valence-electron chi connectivity index (χ0n) is 22.8. The van der Waals surface area contributed by atoms with Gasteiger partial charge in [-0.25, -0.2) is 0 Å². The van der Waals surface area contributed by atoms with Gasteiger partial charge in [-0.3, -0.25) is 4.79 Å². The van der Waals surface area contributed by atoms with Crippen LogP contribution in [-0.4, -0.2) is 48.5 Å². The molecule has 3 aromatic carbocycles. The lowest BCUT2D eigenvalue weighted by Gasteiger charge is -2.31. The Hall–Kier alpha value is -2.73. The van der Waals surface area contributed by atoms with Crippen molar-refractivity contribution in [3.8, 4) is 11.5 Å². The summed E-state index contributed by atoms with van der Waals surface area (Å²) in [6.45, 7) is 10.4. The van der Waals surface area contributed by atoms with Crippen LogP contribution in [-0.2, 0) is 13.2 Å². The molecule has 0 aliphatic carbocycles. The molecule has 0 heterocycles. The molecule has 38 heavy (non-hydrogen) atoms. The maximum Gasteiger partial charge on any atom is 0.254 e. The maximum absolute atomic E-state index is 13.7. The molecular formula is C31H38Cl2N2O3. The molecule has 0 fully saturated rings. The summed E-state index contributed by atoms with van der Waals surface area (Å²) in [7, 11) is 1.63. The molecule has 204 valence electrons. The topological polar surface area (TPSA) is 42.0 Å². The van der Waals surface area contributed by atoms with Crippen LogP contribution in [0.25, 0.3) is 0 Å². The Morgan fingerprint density at radius 2 is 1.63 bits per heavy atom. The van der Waals surface area contributed by atoms with Crippen LogP contribution >= 0.6 is 23.2 Å². The lowest BCUT2D eigenvalue weighted by Crippen LogP contribution is -2.38.